The average Bonchev–Trinajstić information content (AvgIpc) is 2.88. The summed E-state index contributed by atoms with van der Waals surface area (Å²) in [5.41, 5.74) is 0.939. The number of carbonyl (C=O) groups excluding carboxylic acids is 1. The fourth-order valence-electron chi connectivity index (χ4n) is 3.08. The normalized spacial score (nSPS) is 11.0. The van der Waals surface area contributed by atoms with E-state index in [1.807, 2.05) is 18.2 Å². The first-order valence-electron chi connectivity index (χ1n) is 10.8. The molecule has 0 spiro atoms. The molecular weight excluding hydrogens is 482 g/mol. The van der Waals surface area contributed by atoms with Crippen LogP contribution in [0.15, 0.2) is 113 Å². The lowest BCUT2D eigenvalue weighted by molar-refractivity contribution is 0.102. The Kier molecular flexibility index (Phi) is 8.02. The molecule has 0 radical (unpaired) electrons. The lowest BCUT2D eigenvalue weighted by atomic mass is 10.2. The SMILES string of the molecule is O=C(Nc1ccc(S(=O)(=O)Nc2ccccn2)cc1)c1ccc(OCCSc2ccccc2)cc1. The Morgan fingerprint density at radius 1 is 0.857 bits per heavy atom. The molecule has 0 aliphatic carbocycles. The van der Waals surface area contributed by atoms with Crippen LogP contribution >= 0.6 is 11.8 Å². The number of carbonyl (C=O) groups is 1. The molecule has 9 heteroatoms. The zero-order chi connectivity index (χ0) is 24.5. The van der Waals surface area contributed by atoms with E-state index < -0.39 is 10.0 Å². The van der Waals surface area contributed by atoms with Crippen molar-refractivity contribution in [2.24, 2.45) is 0 Å². The Bertz CT molecular complexity index is 1350. The van der Waals surface area contributed by atoms with E-state index in [0.29, 0.717) is 23.6 Å². The molecule has 4 rings (SSSR count). The minimum atomic E-state index is -3.78. The summed E-state index contributed by atoms with van der Waals surface area (Å²) >= 11 is 1.72. The quantitative estimate of drug-likeness (QED) is 0.224. The Labute approximate surface area is 208 Å². The van der Waals surface area contributed by atoms with Crippen molar-refractivity contribution in [1.29, 1.82) is 0 Å². The number of sulfonamides is 1. The molecule has 0 aliphatic rings. The van der Waals surface area contributed by atoms with Crippen molar-refractivity contribution in [3.05, 3.63) is 109 Å². The molecule has 0 saturated carbocycles. The van der Waals surface area contributed by atoms with Gasteiger partial charge in [0.05, 0.1) is 11.5 Å². The second-order valence-electron chi connectivity index (χ2n) is 7.33. The highest BCUT2D eigenvalue weighted by Gasteiger charge is 2.15. The van der Waals surface area contributed by atoms with Crippen molar-refractivity contribution in [1.82, 2.24) is 4.98 Å². The molecule has 1 aromatic heterocycles. The Morgan fingerprint density at radius 3 is 2.26 bits per heavy atom. The first-order valence-corrected chi connectivity index (χ1v) is 13.2. The Morgan fingerprint density at radius 2 is 1.57 bits per heavy atom. The van der Waals surface area contributed by atoms with Crippen LogP contribution in [0.2, 0.25) is 0 Å². The standard InChI is InChI=1S/C26H23N3O4S2/c30-26(20-9-13-22(14-10-20)33-18-19-34-23-6-2-1-3-7-23)28-21-11-15-24(16-12-21)35(31,32)29-25-8-4-5-17-27-25/h1-17H,18-19H2,(H,27,29)(H,28,30). The summed E-state index contributed by atoms with van der Waals surface area (Å²) in [5.74, 6) is 1.42. The number of rotatable bonds is 10. The van der Waals surface area contributed by atoms with Gasteiger partial charge >= 0.3 is 0 Å². The molecule has 1 amide bonds. The van der Waals surface area contributed by atoms with Gasteiger partial charge in [-0.1, -0.05) is 24.3 Å². The second kappa shape index (κ2) is 11.5. The molecular formula is C26H23N3O4S2. The number of pyridine rings is 1. The molecule has 178 valence electrons. The van der Waals surface area contributed by atoms with Gasteiger partial charge in [-0.15, -0.1) is 11.8 Å². The third-order valence-electron chi connectivity index (χ3n) is 4.81. The molecule has 3 aromatic carbocycles. The fraction of sp³-hybridized carbons (Fsp3) is 0.0769. The molecule has 1 heterocycles. The number of benzene rings is 3. The highest BCUT2D eigenvalue weighted by atomic mass is 32.2. The van der Waals surface area contributed by atoms with E-state index in [-0.39, 0.29) is 16.6 Å². The smallest absolute Gasteiger partial charge is 0.263 e. The first kappa shape index (κ1) is 24.3. The van der Waals surface area contributed by atoms with E-state index in [0.717, 1.165) is 5.75 Å². The van der Waals surface area contributed by atoms with Gasteiger partial charge in [0.1, 0.15) is 11.6 Å². The van der Waals surface area contributed by atoms with Crippen LogP contribution in [-0.4, -0.2) is 31.7 Å². The number of thioether (sulfide) groups is 1. The summed E-state index contributed by atoms with van der Waals surface area (Å²) in [7, 11) is -3.78. The average molecular weight is 506 g/mol. The fourth-order valence-corrected chi connectivity index (χ4v) is 4.84. The molecule has 0 unspecified atom stereocenters. The minimum absolute atomic E-state index is 0.0630. The van der Waals surface area contributed by atoms with Gasteiger partial charge in [0.15, 0.2) is 0 Å². The van der Waals surface area contributed by atoms with E-state index >= 15 is 0 Å². The highest BCUT2D eigenvalue weighted by molar-refractivity contribution is 7.99. The van der Waals surface area contributed by atoms with Crippen molar-refractivity contribution in [3.63, 3.8) is 0 Å². The van der Waals surface area contributed by atoms with Crippen LogP contribution in [0.4, 0.5) is 11.5 Å². The number of anilines is 2. The lowest BCUT2D eigenvalue weighted by Gasteiger charge is -2.10. The maximum absolute atomic E-state index is 12.6. The molecule has 0 aliphatic heterocycles. The van der Waals surface area contributed by atoms with Crippen molar-refractivity contribution in [3.8, 4) is 5.75 Å². The Balaban J connectivity index is 1.28. The molecule has 0 atom stereocenters. The summed E-state index contributed by atoms with van der Waals surface area (Å²) in [4.78, 5) is 17.8. The van der Waals surface area contributed by atoms with E-state index in [9.17, 15) is 13.2 Å². The van der Waals surface area contributed by atoms with Crippen LogP contribution in [-0.2, 0) is 10.0 Å². The van der Waals surface area contributed by atoms with E-state index in [2.05, 4.69) is 27.2 Å². The number of ether oxygens (including phenoxy) is 1. The molecule has 7 nitrogen and oxygen atoms in total. The van der Waals surface area contributed by atoms with E-state index in [1.165, 1.54) is 35.4 Å². The largest absolute Gasteiger partial charge is 0.493 e. The molecule has 0 fully saturated rings. The van der Waals surface area contributed by atoms with Gasteiger partial charge in [-0.05, 0) is 72.8 Å². The maximum atomic E-state index is 12.6. The number of hydrogen-bond donors (Lipinski definition) is 2. The van der Waals surface area contributed by atoms with Gasteiger partial charge in [-0.3, -0.25) is 9.52 Å². The summed E-state index contributed by atoms with van der Waals surface area (Å²) in [6.07, 6.45) is 1.50. The lowest BCUT2D eigenvalue weighted by Crippen LogP contribution is -2.14. The molecule has 2 N–H and O–H groups in total. The van der Waals surface area contributed by atoms with Crippen molar-refractivity contribution in [2.45, 2.75) is 9.79 Å². The summed E-state index contributed by atoms with van der Waals surface area (Å²) in [6, 6.07) is 27.8. The highest BCUT2D eigenvalue weighted by Crippen LogP contribution is 2.20. The maximum Gasteiger partial charge on any atom is 0.263 e. The van der Waals surface area contributed by atoms with Crippen LogP contribution in [0.5, 0.6) is 5.75 Å². The van der Waals surface area contributed by atoms with Gasteiger partial charge in [0.2, 0.25) is 0 Å². The van der Waals surface area contributed by atoms with Crippen LogP contribution in [0, 0.1) is 0 Å². The molecule has 35 heavy (non-hydrogen) atoms. The number of nitrogens with one attached hydrogen (secondary N) is 2. The number of amides is 1. The molecule has 0 bridgehead atoms. The first-order chi connectivity index (χ1) is 17.0. The van der Waals surface area contributed by atoms with Gasteiger partial charge in [-0.2, -0.15) is 0 Å². The third-order valence-corrected chi connectivity index (χ3v) is 7.15. The summed E-state index contributed by atoms with van der Waals surface area (Å²) in [5, 5.41) is 2.77. The number of aromatic nitrogens is 1. The van der Waals surface area contributed by atoms with Crippen molar-refractivity contribution < 1.29 is 17.9 Å². The predicted molar refractivity (Wildman–Crippen MR) is 139 cm³/mol. The van der Waals surface area contributed by atoms with Crippen molar-refractivity contribution in [2.75, 3.05) is 22.4 Å². The van der Waals surface area contributed by atoms with Gasteiger partial charge in [0.25, 0.3) is 15.9 Å². The van der Waals surface area contributed by atoms with Crippen LogP contribution < -0.4 is 14.8 Å². The summed E-state index contributed by atoms with van der Waals surface area (Å²) in [6.45, 7) is 0.551. The van der Waals surface area contributed by atoms with Gasteiger partial charge < -0.3 is 10.1 Å². The number of hydrogen-bond acceptors (Lipinski definition) is 6. The zero-order valence-corrected chi connectivity index (χ0v) is 20.3. The third kappa shape index (κ3) is 7.08. The van der Waals surface area contributed by atoms with E-state index in [1.54, 1.807) is 54.2 Å². The predicted octanol–water partition coefficient (Wildman–Crippen LogP) is 5.31. The second-order valence-corrected chi connectivity index (χ2v) is 10.2. The van der Waals surface area contributed by atoms with Gasteiger partial charge in [0, 0.05) is 28.1 Å². The minimum Gasteiger partial charge on any atom is -0.493 e. The molecule has 4 aromatic rings. The Hall–Kier alpha value is -3.82. The number of nitrogens with zero attached hydrogens (tertiary/aromatic N) is 1. The topological polar surface area (TPSA) is 97.4 Å². The summed E-state index contributed by atoms with van der Waals surface area (Å²) < 4.78 is 33.2. The van der Waals surface area contributed by atoms with Crippen LogP contribution in [0.3, 0.4) is 0 Å². The van der Waals surface area contributed by atoms with E-state index in [4.69, 9.17) is 4.74 Å². The van der Waals surface area contributed by atoms with Crippen molar-refractivity contribution >= 4 is 39.2 Å². The van der Waals surface area contributed by atoms with Gasteiger partial charge in [-0.25, -0.2) is 13.4 Å². The van der Waals surface area contributed by atoms with Crippen LogP contribution in [0.25, 0.3) is 0 Å². The van der Waals surface area contributed by atoms with Crippen LogP contribution in [0.1, 0.15) is 10.4 Å². The zero-order valence-electron chi connectivity index (χ0n) is 18.6. The monoisotopic (exact) mass is 505 g/mol. The molecule has 0 saturated heterocycles.